The van der Waals surface area contributed by atoms with Crippen LogP contribution in [0.1, 0.15) is 84.0 Å². The third-order valence-electron chi connectivity index (χ3n) is 3.61. The lowest BCUT2D eigenvalue weighted by Gasteiger charge is -2.04. The van der Waals surface area contributed by atoms with Crippen molar-refractivity contribution in [3.05, 3.63) is 0 Å². The highest BCUT2D eigenvalue weighted by Gasteiger charge is 2.01. The number of ether oxygens (including phenoxy) is 1. The Bertz CT molecular complexity index is 305. The number of hydrogen-bond donors (Lipinski definition) is 1. The minimum Gasteiger partial charge on any atom is -0.381 e. The molecule has 0 radical (unpaired) electrons. The smallest absolute Gasteiger partial charge is 0.209 e. The zero-order valence-electron chi connectivity index (χ0n) is 13.8. The van der Waals surface area contributed by atoms with Gasteiger partial charge in [0.2, 0.25) is 10.0 Å². The molecule has 0 aromatic rings. The van der Waals surface area contributed by atoms with Crippen LogP contribution >= 0.6 is 0 Å². The van der Waals surface area contributed by atoms with Crippen molar-refractivity contribution in [1.82, 2.24) is 0 Å². The molecule has 0 amide bonds. The number of rotatable bonds is 16. The molecule has 0 atom stereocenters. The van der Waals surface area contributed by atoms with E-state index in [9.17, 15) is 8.42 Å². The van der Waals surface area contributed by atoms with E-state index in [-0.39, 0.29) is 5.75 Å². The summed E-state index contributed by atoms with van der Waals surface area (Å²) in [4.78, 5) is 0. The van der Waals surface area contributed by atoms with Gasteiger partial charge in [-0.2, -0.15) is 0 Å². The summed E-state index contributed by atoms with van der Waals surface area (Å²) in [5.41, 5.74) is 0. The van der Waals surface area contributed by atoms with Crippen LogP contribution in [-0.4, -0.2) is 27.4 Å². The summed E-state index contributed by atoms with van der Waals surface area (Å²) in [5.74, 6) is 0.124. The fraction of sp³-hybridized carbons (Fsp3) is 1.00. The van der Waals surface area contributed by atoms with Gasteiger partial charge in [-0.05, 0) is 19.3 Å². The molecule has 0 saturated carbocycles. The van der Waals surface area contributed by atoms with Crippen LogP contribution < -0.4 is 5.14 Å². The van der Waals surface area contributed by atoms with Crippen molar-refractivity contribution in [3.63, 3.8) is 0 Å². The molecule has 0 rings (SSSR count). The van der Waals surface area contributed by atoms with Gasteiger partial charge >= 0.3 is 0 Å². The van der Waals surface area contributed by atoms with E-state index in [1.54, 1.807) is 0 Å². The molecule has 0 aromatic heterocycles. The molecule has 2 N–H and O–H groups in total. The molecule has 0 aliphatic heterocycles. The molecule has 0 unspecified atom stereocenters. The van der Waals surface area contributed by atoms with Gasteiger partial charge in [-0.3, -0.25) is 0 Å². The van der Waals surface area contributed by atoms with Crippen molar-refractivity contribution in [2.24, 2.45) is 5.14 Å². The average molecular weight is 322 g/mol. The fourth-order valence-corrected chi connectivity index (χ4v) is 2.91. The van der Waals surface area contributed by atoms with E-state index in [4.69, 9.17) is 9.88 Å². The number of nitrogens with two attached hydrogens (primary N) is 1. The molecule has 128 valence electrons. The quantitative estimate of drug-likeness (QED) is 0.437. The van der Waals surface area contributed by atoms with E-state index >= 15 is 0 Å². The summed E-state index contributed by atoms with van der Waals surface area (Å²) in [6.07, 6.45) is 14.0. The van der Waals surface area contributed by atoms with E-state index < -0.39 is 10.0 Å². The molecule has 0 aliphatic rings. The Kier molecular flexibility index (Phi) is 14.7. The average Bonchev–Trinajstić information content (AvgIpc) is 2.42. The van der Waals surface area contributed by atoms with Crippen molar-refractivity contribution in [2.45, 2.75) is 84.0 Å². The first kappa shape index (κ1) is 20.9. The van der Waals surface area contributed by atoms with Crippen LogP contribution in [-0.2, 0) is 14.8 Å². The van der Waals surface area contributed by atoms with Crippen LogP contribution in [0.15, 0.2) is 0 Å². The molecule has 4 nitrogen and oxygen atoms in total. The van der Waals surface area contributed by atoms with Crippen LogP contribution in [0.2, 0.25) is 0 Å². The lowest BCUT2D eigenvalue weighted by Crippen LogP contribution is -2.16. The maximum atomic E-state index is 10.7. The van der Waals surface area contributed by atoms with E-state index in [1.165, 1.54) is 51.4 Å². The number of primary sulfonamides is 1. The van der Waals surface area contributed by atoms with Gasteiger partial charge in [-0.15, -0.1) is 0 Å². The molecule has 21 heavy (non-hydrogen) atoms. The maximum absolute atomic E-state index is 10.7. The fourth-order valence-electron chi connectivity index (χ4n) is 2.30. The standard InChI is InChI=1S/C16H35NO3S/c1-2-3-4-8-11-14-20-15-12-9-6-5-7-10-13-16-21(17,18)19/h2-16H2,1H3,(H2,17,18,19). The first-order valence-corrected chi connectivity index (χ1v) is 10.4. The van der Waals surface area contributed by atoms with Crippen molar-refractivity contribution in [1.29, 1.82) is 0 Å². The zero-order chi connectivity index (χ0) is 15.8. The highest BCUT2D eigenvalue weighted by atomic mass is 32.2. The topological polar surface area (TPSA) is 69.4 Å². The second kappa shape index (κ2) is 14.8. The molecule has 0 heterocycles. The van der Waals surface area contributed by atoms with Gasteiger partial charge in [0.25, 0.3) is 0 Å². The van der Waals surface area contributed by atoms with Crippen LogP contribution in [0.4, 0.5) is 0 Å². The summed E-state index contributed by atoms with van der Waals surface area (Å²) in [7, 11) is -3.26. The summed E-state index contributed by atoms with van der Waals surface area (Å²) in [6.45, 7) is 4.03. The van der Waals surface area contributed by atoms with Crippen molar-refractivity contribution in [3.8, 4) is 0 Å². The van der Waals surface area contributed by atoms with E-state index in [2.05, 4.69) is 6.92 Å². The molecular weight excluding hydrogens is 286 g/mol. The minimum absolute atomic E-state index is 0.124. The van der Waals surface area contributed by atoms with Gasteiger partial charge in [-0.25, -0.2) is 13.6 Å². The molecule has 5 heteroatoms. The summed E-state index contributed by atoms with van der Waals surface area (Å²) >= 11 is 0. The van der Waals surface area contributed by atoms with Gasteiger partial charge in [-0.1, -0.05) is 64.7 Å². The van der Waals surface area contributed by atoms with Gasteiger partial charge < -0.3 is 4.74 Å². The third kappa shape index (κ3) is 19.9. The van der Waals surface area contributed by atoms with E-state index in [0.717, 1.165) is 32.5 Å². The zero-order valence-corrected chi connectivity index (χ0v) is 14.6. The molecule has 0 spiro atoms. The van der Waals surface area contributed by atoms with Crippen molar-refractivity contribution in [2.75, 3.05) is 19.0 Å². The third-order valence-corrected chi connectivity index (χ3v) is 4.47. The van der Waals surface area contributed by atoms with Crippen LogP contribution in [0.5, 0.6) is 0 Å². The summed E-state index contributed by atoms with van der Waals surface area (Å²) in [5, 5.41) is 4.95. The maximum Gasteiger partial charge on any atom is 0.209 e. The lowest BCUT2D eigenvalue weighted by atomic mass is 10.1. The van der Waals surface area contributed by atoms with Gasteiger partial charge in [0.05, 0.1) is 5.75 Å². The Labute approximate surface area is 131 Å². The molecular formula is C16H35NO3S. The van der Waals surface area contributed by atoms with E-state index in [1.807, 2.05) is 0 Å². The predicted octanol–water partition coefficient (Wildman–Crippen LogP) is 3.99. The Balaban J connectivity index is 3.03. The van der Waals surface area contributed by atoms with Crippen LogP contribution in [0, 0.1) is 0 Å². The van der Waals surface area contributed by atoms with Crippen LogP contribution in [0.3, 0.4) is 0 Å². The highest BCUT2D eigenvalue weighted by molar-refractivity contribution is 7.89. The molecule has 0 aromatic carbocycles. The number of unbranched alkanes of at least 4 members (excludes halogenated alkanes) is 10. The lowest BCUT2D eigenvalue weighted by molar-refractivity contribution is 0.125. The van der Waals surface area contributed by atoms with Crippen molar-refractivity contribution >= 4 is 10.0 Å². The Hall–Kier alpha value is -0.130. The van der Waals surface area contributed by atoms with Gasteiger partial charge in [0.15, 0.2) is 0 Å². The molecule has 0 saturated heterocycles. The Morgan fingerprint density at radius 2 is 1.14 bits per heavy atom. The molecule has 0 fully saturated rings. The second-order valence-corrected chi connectivity index (χ2v) is 7.60. The van der Waals surface area contributed by atoms with Crippen LogP contribution in [0.25, 0.3) is 0 Å². The summed E-state index contributed by atoms with van der Waals surface area (Å²) < 4.78 is 27.1. The van der Waals surface area contributed by atoms with E-state index in [0.29, 0.717) is 6.42 Å². The Morgan fingerprint density at radius 1 is 0.714 bits per heavy atom. The molecule has 0 aliphatic carbocycles. The second-order valence-electron chi connectivity index (χ2n) is 5.87. The highest BCUT2D eigenvalue weighted by Crippen LogP contribution is 2.08. The largest absolute Gasteiger partial charge is 0.381 e. The predicted molar refractivity (Wildman–Crippen MR) is 89.9 cm³/mol. The minimum atomic E-state index is -3.26. The Morgan fingerprint density at radius 3 is 1.62 bits per heavy atom. The normalized spacial score (nSPS) is 11.9. The van der Waals surface area contributed by atoms with Gasteiger partial charge in [0.1, 0.15) is 0 Å². The van der Waals surface area contributed by atoms with Crippen molar-refractivity contribution < 1.29 is 13.2 Å². The number of sulfonamides is 1. The SMILES string of the molecule is CCCCCCCOCCCCCCCCCS(N)(=O)=O. The molecule has 0 bridgehead atoms. The monoisotopic (exact) mass is 321 g/mol. The number of hydrogen-bond acceptors (Lipinski definition) is 3. The first-order chi connectivity index (χ1) is 10.1. The van der Waals surface area contributed by atoms with Gasteiger partial charge in [0, 0.05) is 13.2 Å². The first-order valence-electron chi connectivity index (χ1n) is 8.64. The summed E-state index contributed by atoms with van der Waals surface area (Å²) in [6, 6.07) is 0.